The number of hydrogen-bond acceptors (Lipinski definition) is 1. The van der Waals surface area contributed by atoms with Gasteiger partial charge in [-0.05, 0) is 12.8 Å². The maximum atomic E-state index is 10.0. The summed E-state index contributed by atoms with van der Waals surface area (Å²) < 4.78 is -0.863. The van der Waals surface area contributed by atoms with Gasteiger partial charge in [-0.15, -0.1) is 23.2 Å². The molecule has 10 heavy (non-hydrogen) atoms. The molecule has 0 amide bonds. The van der Waals surface area contributed by atoms with Crippen LogP contribution in [0.2, 0.25) is 0 Å². The van der Waals surface area contributed by atoms with Gasteiger partial charge in [-0.1, -0.05) is 6.92 Å². The van der Waals surface area contributed by atoms with Crippen LogP contribution in [-0.2, 0) is 4.79 Å². The first-order valence-electron chi connectivity index (χ1n) is 3.07. The van der Waals surface area contributed by atoms with Gasteiger partial charge >= 0.3 is 5.97 Å². The van der Waals surface area contributed by atoms with Crippen LogP contribution in [0.1, 0.15) is 26.2 Å². The zero-order chi connectivity index (χ0) is 8.20. The quantitative estimate of drug-likeness (QED) is 0.683. The molecule has 0 fully saturated rings. The lowest BCUT2D eigenvalue weighted by Gasteiger charge is -2.14. The number of carboxylic acids is 1. The van der Waals surface area contributed by atoms with E-state index in [2.05, 4.69) is 0 Å². The van der Waals surface area contributed by atoms with E-state index in [0.717, 1.165) is 0 Å². The fourth-order valence-corrected chi connectivity index (χ4v) is 0.656. The Balaban J connectivity index is 3.56. The summed E-state index contributed by atoms with van der Waals surface area (Å²) in [6.45, 7) is 1.82. The van der Waals surface area contributed by atoms with Crippen LogP contribution in [0.3, 0.4) is 0 Å². The first kappa shape index (κ1) is 10.0. The summed E-state index contributed by atoms with van der Waals surface area (Å²) in [6.07, 6.45) is 0.909. The third kappa shape index (κ3) is 4.89. The molecule has 0 aromatic rings. The number of hydrogen-bond donors (Lipinski definition) is 1. The van der Waals surface area contributed by atoms with Crippen LogP contribution in [0.4, 0.5) is 0 Å². The Kier molecular flexibility index (Phi) is 4.06. The van der Waals surface area contributed by atoms with E-state index in [4.69, 9.17) is 28.3 Å². The molecule has 0 spiro atoms. The fourth-order valence-electron chi connectivity index (χ4n) is 0.467. The molecule has 0 aromatic heterocycles. The molecule has 0 saturated heterocycles. The van der Waals surface area contributed by atoms with E-state index in [1.165, 1.54) is 0 Å². The van der Waals surface area contributed by atoms with E-state index in [-0.39, 0.29) is 6.42 Å². The molecular weight excluding hydrogens is 175 g/mol. The van der Waals surface area contributed by atoms with Crippen LogP contribution < -0.4 is 0 Å². The van der Waals surface area contributed by atoms with Crippen molar-refractivity contribution in [1.82, 2.24) is 0 Å². The van der Waals surface area contributed by atoms with Crippen molar-refractivity contribution in [2.75, 3.05) is 0 Å². The summed E-state index contributed by atoms with van der Waals surface area (Å²) in [6, 6.07) is 0. The Labute approximate surface area is 70.1 Å². The van der Waals surface area contributed by atoms with Crippen LogP contribution in [0, 0.1) is 0 Å². The molecule has 0 bridgehead atoms. The van der Waals surface area contributed by atoms with E-state index in [9.17, 15) is 4.79 Å². The highest BCUT2D eigenvalue weighted by atomic mass is 35.5. The molecular formula is C6H10Cl2O2. The number of rotatable bonds is 4. The van der Waals surface area contributed by atoms with E-state index in [0.29, 0.717) is 12.8 Å². The molecule has 4 heteroatoms. The predicted octanol–water partition coefficient (Wildman–Crippen LogP) is 2.44. The lowest BCUT2D eigenvalue weighted by atomic mass is 10.2. The Hall–Kier alpha value is 0.0500. The Morgan fingerprint density at radius 3 is 2.40 bits per heavy atom. The van der Waals surface area contributed by atoms with Crippen molar-refractivity contribution < 1.29 is 9.90 Å². The minimum atomic E-state index is -0.863. The van der Waals surface area contributed by atoms with Crippen LogP contribution in [0.25, 0.3) is 0 Å². The van der Waals surface area contributed by atoms with Gasteiger partial charge in [0.1, 0.15) is 4.33 Å². The van der Waals surface area contributed by atoms with Crippen molar-refractivity contribution in [3.63, 3.8) is 0 Å². The molecule has 2 nitrogen and oxygen atoms in total. The number of alkyl halides is 2. The third-order valence-corrected chi connectivity index (χ3v) is 2.13. The molecule has 0 saturated carbocycles. The molecule has 0 atom stereocenters. The topological polar surface area (TPSA) is 37.3 Å². The minimum absolute atomic E-state index is 0.0286. The fraction of sp³-hybridized carbons (Fsp3) is 0.833. The van der Waals surface area contributed by atoms with Crippen LogP contribution in [-0.4, -0.2) is 15.4 Å². The molecule has 0 aromatic carbocycles. The SMILES string of the molecule is CCC(Cl)(Cl)CCC(=O)O. The van der Waals surface area contributed by atoms with Gasteiger partial charge in [-0.2, -0.15) is 0 Å². The second kappa shape index (κ2) is 4.04. The van der Waals surface area contributed by atoms with Crippen molar-refractivity contribution >= 4 is 29.2 Å². The average Bonchev–Trinajstić information content (AvgIpc) is 1.85. The van der Waals surface area contributed by atoms with Gasteiger partial charge in [0, 0.05) is 6.42 Å². The highest BCUT2D eigenvalue weighted by Crippen LogP contribution is 2.29. The van der Waals surface area contributed by atoms with Gasteiger partial charge in [-0.25, -0.2) is 0 Å². The van der Waals surface area contributed by atoms with E-state index in [1.807, 2.05) is 6.92 Å². The second-order valence-electron chi connectivity index (χ2n) is 2.10. The summed E-state index contributed by atoms with van der Waals surface area (Å²) in [5.74, 6) is -0.862. The Bertz CT molecular complexity index is 123. The van der Waals surface area contributed by atoms with E-state index < -0.39 is 10.3 Å². The molecule has 60 valence electrons. The predicted molar refractivity (Wildman–Crippen MR) is 41.6 cm³/mol. The highest BCUT2D eigenvalue weighted by molar-refractivity contribution is 6.48. The summed E-state index contributed by atoms with van der Waals surface area (Å²) >= 11 is 11.3. The third-order valence-electron chi connectivity index (χ3n) is 1.22. The summed E-state index contributed by atoms with van der Waals surface area (Å²) in [5, 5.41) is 8.26. The van der Waals surface area contributed by atoms with Gasteiger partial charge in [0.05, 0.1) is 0 Å². The first-order valence-corrected chi connectivity index (χ1v) is 3.83. The van der Waals surface area contributed by atoms with Crippen molar-refractivity contribution in [3.8, 4) is 0 Å². The van der Waals surface area contributed by atoms with E-state index >= 15 is 0 Å². The normalized spacial score (nSPS) is 11.5. The van der Waals surface area contributed by atoms with Crippen molar-refractivity contribution in [2.45, 2.75) is 30.5 Å². The molecule has 1 N–H and O–H groups in total. The van der Waals surface area contributed by atoms with Crippen molar-refractivity contribution in [2.24, 2.45) is 0 Å². The first-order chi connectivity index (χ1) is 4.48. The summed E-state index contributed by atoms with van der Waals surface area (Å²) in [7, 11) is 0. The molecule has 0 aliphatic carbocycles. The smallest absolute Gasteiger partial charge is 0.303 e. The van der Waals surface area contributed by atoms with Gasteiger partial charge in [0.25, 0.3) is 0 Å². The molecule has 0 aliphatic heterocycles. The van der Waals surface area contributed by atoms with Gasteiger partial charge in [0.15, 0.2) is 0 Å². The molecule has 0 rings (SSSR count). The zero-order valence-corrected chi connectivity index (χ0v) is 7.24. The number of aliphatic carboxylic acids is 1. The van der Waals surface area contributed by atoms with Crippen LogP contribution in [0.5, 0.6) is 0 Å². The lowest BCUT2D eigenvalue weighted by molar-refractivity contribution is -0.137. The van der Waals surface area contributed by atoms with Crippen LogP contribution >= 0.6 is 23.2 Å². The number of carbonyl (C=O) groups is 1. The van der Waals surface area contributed by atoms with Crippen molar-refractivity contribution in [3.05, 3.63) is 0 Å². The van der Waals surface area contributed by atoms with Gasteiger partial charge in [-0.3, -0.25) is 4.79 Å². The zero-order valence-electron chi connectivity index (χ0n) is 5.73. The molecule has 0 radical (unpaired) electrons. The average molecular weight is 185 g/mol. The summed E-state index contributed by atoms with van der Waals surface area (Å²) in [5.41, 5.74) is 0. The molecule has 0 heterocycles. The Morgan fingerprint density at radius 1 is 1.60 bits per heavy atom. The van der Waals surface area contributed by atoms with Crippen LogP contribution in [0.15, 0.2) is 0 Å². The maximum absolute atomic E-state index is 10.0. The highest BCUT2D eigenvalue weighted by Gasteiger charge is 2.21. The van der Waals surface area contributed by atoms with Gasteiger partial charge < -0.3 is 5.11 Å². The maximum Gasteiger partial charge on any atom is 0.303 e. The lowest BCUT2D eigenvalue weighted by Crippen LogP contribution is -2.12. The monoisotopic (exact) mass is 184 g/mol. The van der Waals surface area contributed by atoms with E-state index in [1.54, 1.807) is 0 Å². The summed E-state index contributed by atoms with van der Waals surface area (Å²) in [4.78, 5) is 10.0. The van der Waals surface area contributed by atoms with Gasteiger partial charge in [0.2, 0.25) is 0 Å². The standard InChI is InChI=1S/C6H10Cl2O2/c1-2-6(7,8)4-3-5(9)10/h2-4H2,1H3,(H,9,10). The number of halogens is 2. The van der Waals surface area contributed by atoms with Crippen molar-refractivity contribution in [1.29, 1.82) is 0 Å². The second-order valence-corrected chi connectivity index (χ2v) is 3.74. The number of carboxylic acid groups (broad SMARTS) is 1. The largest absolute Gasteiger partial charge is 0.481 e. The Morgan fingerprint density at radius 2 is 2.10 bits per heavy atom. The minimum Gasteiger partial charge on any atom is -0.481 e. The molecule has 0 aliphatic rings. The molecule has 0 unspecified atom stereocenters.